The van der Waals surface area contributed by atoms with Gasteiger partial charge in [-0.2, -0.15) is 5.26 Å². The number of ether oxygens (including phenoxy) is 2. The number of hydrogen-bond donors (Lipinski definition) is 1. The summed E-state index contributed by atoms with van der Waals surface area (Å²) >= 11 is 3.42. The van der Waals surface area contributed by atoms with Gasteiger partial charge in [-0.25, -0.2) is 4.39 Å². The Bertz CT molecular complexity index is 936. The van der Waals surface area contributed by atoms with E-state index in [4.69, 9.17) is 9.47 Å². The molecule has 7 heteroatoms. The highest BCUT2D eigenvalue weighted by Gasteiger charge is 2.14. The molecule has 0 saturated carbocycles. The molecule has 0 bridgehead atoms. The fourth-order valence-electron chi connectivity index (χ4n) is 2.37. The maximum absolute atomic E-state index is 13.3. The van der Waals surface area contributed by atoms with Crippen LogP contribution in [0.15, 0.2) is 46.4 Å². The predicted octanol–water partition coefficient (Wildman–Crippen LogP) is 4.61. The molecular weight excluding hydrogens is 427 g/mol. The Labute approximate surface area is 171 Å². The standard InChI is InChI=1S/C21H20BrFN2O3/c1-13(2)25-21(26)16(11-24)8-15-9-19(27-3)20(10-18(15)22)28-12-14-5-4-6-17(23)7-14/h4-10,13H,12H2,1-3H3,(H,25,26)/b16-8-. The highest BCUT2D eigenvalue weighted by atomic mass is 79.9. The lowest BCUT2D eigenvalue weighted by Gasteiger charge is -2.13. The molecule has 0 aliphatic heterocycles. The average molecular weight is 447 g/mol. The second-order valence-electron chi connectivity index (χ2n) is 6.24. The van der Waals surface area contributed by atoms with Crippen molar-refractivity contribution in [2.75, 3.05) is 7.11 Å². The first-order valence-electron chi connectivity index (χ1n) is 8.51. The number of carbonyl (C=O) groups is 1. The van der Waals surface area contributed by atoms with Gasteiger partial charge in [0.1, 0.15) is 24.1 Å². The van der Waals surface area contributed by atoms with Crippen molar-refractivity contribution in [1.29, 1.82) is 5.26 Å². The normalized spacial score (nSPS) is 11.1. The van der Waals surface area contributed by atoms with E-state index in [1.807, 2.05) is 19.9 Å². The Morgan fingerprint density at radius 3 is 2.68 bits per heavy atom. The highest BCUT2D eigenvalue weighted by Crippen LogP contribution is 2.35. The first-order chi connectivity index (χ1) is 13.3. The van der Waals surface area contributed by atoms with Crippen LogP contribution in [0.2, 0.25) is 0 Å². The molecule has 0 spiro atoms. The Balaban J connectivity index is 2.28. The van der Waals surface area contributed by atoms with Crippen LogP contribution in [0.1, 0.15) is 25.0 Å². The molecule has 0 aliphatic carbocycles. The first-order valence-corrected chi connectivity index (χ1v) is 9.30. The fraction of sp³-hybridized carbons (Fsp3) is 0.238. The van der Waals surface area contributed by atoms with Crippen LogP contribution >= 0.6 is 15.9 Å². The molecular formula is C21H20BrFN2O3. The summed E-state index contributed by atoms with van der Waals surface area (Å²) in [6.45, 7) is 3.79. The third kappa shape index (κ3) is 5.83. The zero-order valence-corrected chi connectivity index (χ0v) is 17.3. The molecule has 0 aliphatic rings. The number of amides is 1. The zero-order chi connectivity index (χ0) is 20.7. The molecule has 0 atom stereocenters. The first kappa shape index (κ1) is 21.5. The molecule has 1 N–H and O–H groups in total. The van der Waals surface area contributed by atoms with E-state index < -0.39 is 5.91 Å². The minimum atomic E-state index is -0.449. The number of nitrogens with one attached hydrogen (secondary N) is 1. The van der Waals surface area contributed by atoms with E-state index in [1.54, 1.807) is 24.3 Å². The molecule has 2 rings (SSSR count). The molecule has 0 radical (unpaired) electrons. The van der Waals surface area contributed by atoms with E-state index in [2.05, 4.69) is 21.2 Å². The number of carbonyl (C=O) groups excluding carboxylic acids is 1. The van der Waals surface area contributed by atoms with E-state index in [0.717, 1.165) is 0 Å². The summed E-state index contributed by atoms with van der Waals surface area (Å²) in [5.74, 6) is 0.0848. The van der Waals surface area contributed by atoms with Crippen LogP contribution in [0.4, 0.5) is 4.39 Å². The summed E-state index contributed by atoms with van der Waals surface area (Å²) < 4.78 is 25.0. The molecule has 5 nitrogen and oxygen atoms in total. The van der Waals surface area contributed by atoms with Gasteiger partial charge < -0.3 is 14.8 Å². The lowest BCUT2D eigenvalue weighted by Crippen LogP contribution is -2.30. The maximum atomic E-state index is 13.3. The molecule has 0 aromatic heterocycles. The summed E-state index contributed by atoms with van der Waals surface area (Å²) in [7, 11) is 1.49. The predicted molar refractivity (Wildman–Crippen MR) is 108 cm³/mol. The second-order valence-corrected chi connectivity index (χ2v) is 7.10. The van der Waals surface area contributed by atoms with Crippen molar-refractivity contribution in [2.45, 2.75) is 26.5 Å². The summed E-state index contributed by atoms with van der Waals surface area (Å²) in [6, 6.07) is 11.3. The topological polar surface area (TPSA) is 71.3 Å². The highest BCUT2D eigenvalue weighted by molar-refractivity contribution is 9.10. The number of methoxy groups -OCH3 is 1. The Morgan fingerprint density at radius 1 is 1.32 bits per heavy atom. The van der Waals surface area contributed by atoms with Crippen LogP contribution in [0.5, 0.6) is 11.5 Å². The van der Waals surface area contributed by atoms with E-state index in [-0.39, 0.29) is 24.0 Å². The van der Waals surface area contributed by atoms with Crippen LogP contribution in [-0.4, -0.2) is 19.1 Å². The number of nitrogens with zero attached hydrogens (tertiary/aromatic N) is 1. The Hall–Kier alpha value is -2.85. The van der Waals surface area contributed by atoms with Crippen LogP contribution in [0.3, 0.4) is 0 Å². The third-order valence-electron chi connectivity index (χ3n) is 3.65. The molecule has 2 aromatic carbocycles. The molecule has 0 heterocycles. The van der Waals surface area contributed by atoms with Crippen LogP contribution in [-0.2, 0) is 11.4 Å². The lowest BCUT2D eigenvalue weighted by molar-refractivity contribution is -0.117. The van der Waals surface area contributed by atoms with E-state index in [9.17, 15) is 14.4 Å². The third-order valence-corrected chi connectivity index (χ3v) is 4.34. The SMILES string of the molecule is COc1cc(/C=C(/C#N)C(=O)NC(C)C)c(Br)cc1OCc1cccc(F)c1. The van der Waals surface area contributed by atoms with Crippen molar-refractivity contribution in [2.24, 2.45) is 0 Å². The van der Waals surface area contributed by atoms with E-state index >= 15 is 0 Å². The number of nitriles is 1. The summed E-state index contributed by atoms with van der Waals surface area (Å²) in [6.07, 6.45) is 1.47. The molecule has 28 heavy (non-hydrogen) atoms. The minimum Gasteiger partial charge on any atom is -0.493 e. The molecule has 0 fully saturated rings. The summed E-state index contributed by atoms with van der Waals surface area (Å²) in [4.78, 5) is 12.1. The van der Waals surface area contributed by atoms with Gasteiger partial charge >= 0.3 is 0 Å². The van der Waals surface area contributed by atoms with Crippen LogP contribution < -0.4 is 14.8 Å². The van der Waals surface area contributed by atoms with Gasteiger partial charge in [-0.05, 0) is 55.3 Å². The van der Waals surface area contributed by atoms with Crippen LogP contribution in [0, 0.1) is 17.1 Å². The van der Waals surface area contributed by atoms with Gasteiger partial charge in [0.25, 0.3) is 5.91 Å². The largest absolute Gasteiger partial charge is 0.493 e. The minimum absolute atomic E-state index is 0.0233. The van der Waals surface area contributed by atoms with Crippen LogP contribution in [0.25, 0.3) is 6.08 Å². The van der Waals surface area contributed by atoms with Gasteiger partial charge in [0.05, 0.1) is 7.11 Å². The Kier molecular flexibility index (Phi) is 7.59. The van der Waals surface area contributed by atoms with Crippen molar-refractivity contribution < 1.29 is 18.7 Å². The number of hydrogen-bond acceptors (Lipinski definition) is 4. The quantitative estimate of drug-likeness (QED) is 0.497. The van der Waals surface area contributed by atoms with Crippen molar-refractivity contribution in [3.8, 4) is 17.6 Å². The summed E-state index contributed by atoms with van der Waals surface area (Å²) in [5, 5.41) is 12.0. The smallest absolute Gasteiger partial charge is 0.262 e. The summed E-state index contributed by atoms with van der Waals surface area (Å²) in [5.41, 5.74) is 1.24. The number of halogens is 2. The van der Waals surface area contributed by atoms with E-state index in [1.165, 1.54) is 25.3 Å². The van der Waals surface area contributed by atoms with Gasteiger partial charge in [-0.3, -0.25) is 4.79 Å². The van der Waals surface area contributed by atoms with Crippen molar-refractivity contribution in [3.05, 3.63) is 63.4 Å². The van der Waals surface area contributed by atoms with Crippen molar-refractivity contribution >= 4 is 27.9 Å². The van der Waals surface area contributed by atoms with Gasteiger partial charge in [0.2, 0.25) is 0 Å². The molecule has 0 saturated heterocycles. The molecule has 146 valence electrons. The second kappa shape index (κ2) is 9.90. The van der Waals surface area contributed by atoms with Gasteiger partial charge in [0.15, 0.2) is 11.5 Å². The monoisotopic (exact) mass is 446 g/mol. The van der Waals surface area contributed by atoms with Gasteiger partial charge in [0, 0.05) is 10.5 Å². The maximum Gasteiger partial charge on any atom is 0.262 e. The van der Waals surface area contributed by atoms with E-state index in [0.29, 0.717) is 27.1 Å². The zero-order valence-electron chi connectivity index (χ0n) is 15.8. The molecule has 0 unspecified atom stereocenters. The van der Waals surface area contributed by atoms with Crippen molar-refractivity contribution in [3.63, 3.8) is 0 Å². The average Bonchev–Trinajstić information content (AvgIpc) is 2.64. The lowest BCUT2D eigenvalue weighted by atomic mass is 10.1. The number of benzene rings is 2. The van der Waals surface area contributed by atoms with Crippen molar-refractivity contribution in [1.82, 2.24) is 5.32 Å². The number of rotatable bonds is 7. The van der Waals surface area contributed by atoms with Gasteiger partial charge in [-0.1, -0.05) is 28.1 Å². The molecule has 1 amide bonds. The Morgan fingerprint density at radius 2 is 2.07 bits per heavy atom. The van der Waals surface area contributed by atoms with Gasteiger partial charge in [-0.15, -0.1) is 0 Å². The molecule has 2 aromatic rings. The fourth-order valence-corrected chi connectivity index (χ4v) is 2.80.